The van der Waals surface area contributed by atoms with Crippen LogP contribution in [0, 0.1) is 18.8 Å². The van der Waals surface area contributed by atoms with Gasteiger partial charge in [-0.15, -0.1) is 0 Å². The van der Waals surface area contributed by atoms with Crippen molar-refractivity contribution in [2.75, 3.05) is 0 Å². The second-order valence-corrected chi connectivity index (χ2v) is 8.70. The summed E-state index contributed by atoms with van der Waals surface area (Å²) in [6, 6.07) is 23.0. The Morgan fingerprint density at radius 3 is 2.50 bits per heavy atom. The van der Waals surface area contributed by atoms with Crippen LogP contribution in [0.25, 0.3) is 16.5 Å². The van der Waals surface area contributed by atoms with Gasteiger partial charge in [0.25, 0.3) is 0 Å². The van der Waals surface area contributed by atoms with Crippen LogP contribution in [0.15, 0.2) is 72.9 Å². The Bertz CT molecular complexity index is 1280. The Hall–Kier alpha value is -3.39. The fourth-order valence-corrected chi connectivity index (χ4v) is 3.80. The van der Waals surface area contributed by atoms with Gasteiger partial charge in [0, 0.05) is 34.8 Å². The van der Waals surface area contributed by atoms with E-state index in [9.17, 15) is 5.11 Å². The number of benzene rings is 3. The van der Waals surface area contributed by atoms with E-state index in [0.717, 1.165) is 23.5 Å². The van der Waals surface area contributed by atoms with Crippen LogP contribution in [0.4, 0.5) is 0 Å². The lowest BCUT2D eigenvalue weighted by Crippen LogP contribution is -2.18. The second kappa shape index (κ2) is 9.00. The van der Waals surface area contributed by atoms with Crippen LogP contribution >= 0.6 is 0 Å². The molecule has 4 nitrogen and oxygen atoms in total. The maximum atomic E-state index is 9.75. The van der Waals surface area contributed by atoms with Gasteiger partial charge in [-0.05, 0) is 56.8 Å². The molecular weight excluding hydrogens is 394 g/mol. The first kappa shape index (κ1) is 21.8. The van der Waals surface area contributed by atoms with Gasteiger partial charge in [0.2, 0.25) is 0 Å². The summed E-state index contributed by atoms with van der Waals surface area (Å²) >= 11 is 0. The molecule has 0 fully saturated rings. The van der Waals surface area contributed by atoms with Crippen molar-refractivity contribution in [2.24, 2.45) is 0 Å². The van der Waals surface area contributed by atoms with Crippen LogP contribution in [0.2, 0.25) is 0 Å². The number of nitrogens with one attached hydrogen (secondary N) is 1. The van der Waals surface area contributed by atoms with E-state index in [-0.39, 0.29) is 6.04 Å². The van der Waals surface area contributed by atoms with Gasteiger partial charge in [-0.1, -0.05) is 60.4 Å². The monoisotopic (exact) mass is 423 g/mol. The molecule has 0 aliphatic heterocycles. The average Bonchev–Trinajstić information content (AvgIpc) is 3.17. The van der Waals surface area contributed by atoms with Gasteiger partial charge in [0.1, 0.15) is 5.60 Å². The third-order valence-electron chi connectivity index (χ3n) is 5.59. The lowest BCUT2D eigenvalue weighted by molar-refractivity contribution is 0.143. The van der Waals surface area contributed by atoms with E-state index in [1.54, 1.807) is 13.8 Å². The highest BCUT2D eigenvalue weighted by molar-refractivity contribution is 5.90. The molecule has 0 spiro atoms. The van der Waals surface area contributed by atoms with Gasteiger partial charge in [0.15, 0.2) is 0 Å². The first-order chi connectivity index (χ1) is 15.3. The van der Waals surface area contributed by atoms with Crippen LogP contribution < -0.4 is 5.32 Å². The normalized spacial score (nSPS) is 12.4. The van der Waals surface area contributed by atoms with E-state index in [2.05, 4.69) is 85.6 Å². The zero-order chi connectivity index (χ0) is 22.7. The zero-order valence-corrected chi connectivity index (χ0v) is 19.1. The Morgan fingerprint density at radius 2 is 1.75 bits per heavy atom. The van der Waals surface area contributed by atoms with E-state index in [1.165, 1.54) is 21.9 Å². The molecule has 4 aromatic rings. The molecule has 3 aromatic carbocycles. The minimum Gasteiger partial charge on any atom is -0.378 e. The molecule has 162 valence electrons. The fourth-order valence-electron chi connectivity index (χ4n) is 3.80. The van der Waals surface area contributed by atoms with Crippen molar-refractivity contribution in [3.8, 4) is 17.5 Å². The van der Waals surface area contributed by atoms with Crippen molar-refractivity contribution in [1.82, 2.24) is 15.1 Å². The highest BCUT2D eigenvalue weighted by Gasteiger charge is 2.15. The molecule has 4 rings (SSSR count). The van der Waals surface area contributed by atoms with Crippen molar-refractivity contribution in [1.29, 1.82) is 0 Å². The molecule has 0 unspecified atom stereocenters. The van der Waals surface area contributed by atoms with Gasteiger partial charge in [0.05, 0.1) is 11.9 Å². The van der Waals surface area contributed by atoms with E-state index < -0.39 is 5.60 Å². The summed E-state index contributed by atoms with van der Waals surface area (Å²) < 4.78 is 2.03. The number of hydrogen-bond donors (Lipinski definition) is 2. The van der Waals surface area contributed by atoms with Crippen molar-refractivity contribution < 1.29 is 5.11 Å². The summed E-state index contributed by atoms with van der Waals surface area (Å²) in [4.78, 5) is 0. The molecule has 0 saturated carbocycles. The summed E-state index contributed by atoms with van der Waals surface area (Å²) in [6.45, 7) is 8.41. The maximum Gasteiger partial charge on any atom is 0.120 e. The summed E-state index contributed by atoms with van der Waals surface area (Å²) in [5, 5.41) is 20.5. The number of fused-ring (bicyclic) bond motifs is 1. The molecule has 0 aliphatic rings. The topological polar surface area (TPSA) is 50.1 Å². The highest BCUT2D eigenvalue weighted by atomic mass is 16.3. The average molecular weight is 424 g/mol. The Kier molecular flexibility index (Phi) is 6.14. The van der Waals surface area contributed by atoms with Gasteiger partial charge in [-0.3, -0.25) is 0 Å². The van der Waals surface area contributed by atoms with Crippen molar-refractivity contribution in [3.05, 3.63) is 95.3 Å². The largest absolute Gasteiger partial charge is 0.378 e. The molecule has 0 amide bonds. The van der Waals surface area contributed by atoms with E-state index in [4.69, 9.17) is 5.10 Å². The Balaban J connectivity index is 1.47. The second-order valence-electron chi connectivity index (χ2n) is 8.70. The number of nitrogens with zero attached hydrogens (tertiary/aromatic N) is 2. The molecule has 32 heavy (non-hydrogen) atoms. The molecule has 0 aliphatic carbocycles. The number of rotatable bonds is 5. The van der Waals surface area contributed by atoms with E-state index >= 15 is 0 Å². The third kappa shape index (κ3) is 4.91. The molecule has 1 atom stereocenters. The van der Waals surface area contributed by atoms with Crippen molar-refractivity contribution >= 4 is 10.8 Å². The maximum absolute atomic E-state index is 9.75. The van der Waals surface area contributed by atoms with Crippen LogP contribution in [0.3, 0.4) is 0 Å². The van der Waals surface area contributed by atoms with Gasteiger partial charge < -0.3 is 10.4 Å². The predicted molar refractivity (Wildman–Crippen MR) is 131 cm³/mol. The van der Waals surface area contributed by atoms with Crippen molar-refractivity contribution in [2.45, 2.75) is 45.9 Å². The summed E-state index contributed by atoms with van der Waals surface area (Å²) in [5.41, 5.74) is 4.52. The SMILES string of the molecule is Cc1c([C@H](C)NCc2ccc(C#CC(C)(C)O)cc2)cnn1-c1cccc2ccccc12. The number of aromatic nitrogens is 2. The van der Waals surface area contributed by atoms with Gasteiger partial charge >= 0.3 is 0 Å². The molecule has 1 heterocycles. The Morgan fingerprint density at radius 1 is 1.03 bits per heavy atom. The first-order valence-electron chi connectivity index (χ1n) is 10.9. The third-order valence-corrected chi connectivity index (χ3v) is 5.59. The zero-order valence-electron chi connectivity index (χ0n) is 19.1. The van der Waals surface area contributed by atoms with E-state index in [1.807, 2.05) is 23.0 Å². The molecule has 0 bridgehead atoms. The lowest BCUT2D eigenvalue weighted by atomic mass is 10.1. The molecule has 0 radical (unpaired) electrons. The molecule has 4 heteroatoms. The first-order valence-corrected chi connectivity index (χ1v) is 10.9. The molecule has 2 N–H and O–H groups in total. The summed E-state index contributed by atoms with van der Waals surface area (Å²) in [6.07, 6.45) is 1.96. The quantitative estimate of drug-likeness (QED) is 0.428. The van der Waals surface area contributed by atoms with Crippen LogP contribution in [-0.4, -0.2) is 20.5 Å². The standard InChI is InChI=1S/C28H29N3O/c1-20(29-18-23-14-12-22(13-15-23)16-17-28(3,4)32)26-19-30-31(21(26)2)27-11-7-9-24-8-5-6-10-25(24)27/h5-15,19-20,29,32H,18H2,1-4H3/t20-/m0/s1. The predicted octanol–water partition coefficient (Wildman–Crippen LogP) is 5.31. The van der Waals surface area contributed by atoms with Gasteiger partial charge in [-0.2, -0.15) is 5.10 Å². The minimum atomic E-state index is -0.982. The smallest absolute Gasteiger partial charge is 0.120 e. The minimum absolute atomic E-state index is 0.161. The van der Waals surface area contributed by atoms with Crippen LogP contribution in [-0.2, 0) is 6.54 Å². The molecular formula is C28H29N3O. The van der Waals surface area contributed by atoms with E-state index in [0.29, 0.717) is 0 Å². The van der Waals surface area contributed by atoms with Crippen LogP contribution in [0.1, 0.15) is 49.2 Å². The molecule has 1 aromatic heterocycles. The summed E-state index contributed by atoms with van der Waals surface area (Å²) in [7, 11) is 0. The highest BCUT2D eigenvalue weighted by Crippen LogP contribution is 2.26. The van der Waals surface area contributed by atoms with Gasteiger partial charge in [-0.25, -0.2) is 4.68 Å². The molecule has 0 saturated heterocycles. The van der Waals surface area contributed by atoms with Crippen molar-refractivity contribution in [3.63, 3.8) is 0 Å². The number of aliphatic hydroxyl groups is 1. The lowest BCUT2D eigenvalue weighted by Gasteiger charge is -2.15. The van der Waals surface area contributed by atoms with Crippen LogP contribution in [0.5, 0.6) is 0 Å². The number of hydrogen-bond acceptors (Lipinski definition) is 3. The fraction of sp³-hybridized carbons (Fsp3) is 0.250. The Labute approximate surface area is 189 Å². The summed E-state index contributed by atoms with van der Waals surface area (Å²) in [5.74, 6) is 5.85.